The van der Waals surface area contributed by atoms with Gasteiger partial charge in [0.2, 0.25) is 0 Å². The first-order chi connectivity index (χ1) is 22.6. The standard InChI is InChI=1S/C44H32N2/c1-44(2)38-24-14-13-20-31(38)36-25-35-30-19-9-10-21-32(30)42(37(35)26-39(36)44)33-22-11-12-23-34(33)43-45-40(28-15-5-3-6-16-28)27-41(46-43)29-17-7-4-8-18-29/h3-27,42H,1-2H3. The molecule has 2 aliphatic rings. The summed E-state index contributed by atoms with van der Waals surface area (Å²) in [5.41, 5.74) is 17.1. The first-order valence-corrected chi connectivity index (χ1v) is 16.0. The Morgan fingerprint density at radius 3 is 1.59 bits per heavy atom. The molecule has 0 aliphatic heterocycles. The summed E-state index contributed by atoms with van der Waals surface area (Å²) in [6, 6.07) is 54.5. The van der Waals surface area contributed by atoms with Gasteiger partial charge in [-0.2, -0.15) is 0 Å². The maximum absolute atomic E-state index is 5.24. The average molecular weight is 589 g/mol. The molecule has 6 aromatic carbocycles. The van der Waals surface area contributed by atoms with E-state index in [1.807, 2.05) is 12.1 Å². The second kappa shape index (κ2) is 10.2. The van der Waals surface area contributed by atoms with Gasteiger partial charge in [-0.05, 0) is 62.2 Å². The first-order valence-electron chi connectivity index (χ1n) is 16.0. The van der Waals surface area contributed by atoms with Crippen molar-refractivity contribution in [2.45, 2.75) is 25.2 Å². The lowest BCUT2D eigenvalue weighted by Crippen LogP contribution is -2.15. The molecule has 46 heavy (non-hydrogen) atoms. The molecule has 7 aromatic rings. The summed E-state index contributed by atoms with van der Waals surface area (Å²) < 4.78 is 0. The van der Waals surface area contributed by atoms with E-state index in [0.29, 0.717) is 0 Å². The van der Waals surface area contributed by atoms with Crippen LogP contribution in [0.15, 0.2) is 152 Å². The van der Waals surface area contributed by atoms with Crippen molar-refractivity contribution >= 4 is 0 Å². The Balaban J connectivity index is 1.27. The molecule has 1 atom stereocenters. The quantitative estimate of drug-likeness (QED) is 0.204. The molecule has 1 heterocycles. The topological polar surface area (TPSA) is 25.8 Å². The Morgan fingerprint density at radius 1 is 0.413 bits per heavy atom. The van der Waals surface area contributed by atoms with E-state index in [2.05, 4.69) is 153 Å². The van der Waals surface area contributed by atoms with Crippen molar-refractivity contribution in [1.82, 2.24) is 9.97 Å². The number of rotatable bonds is 4. The molecule has 0 N–H and O–H groups in total. The van der Waals surface area contributed by atoms with Crippen LogP contribution in [0.4, 0.5) is 0 Å². The van der Waals surface area contributed by atoms with Crippen LogP contribution in [0.25, 0.3) is 56.2 Å². The van der Waals surface area contributed by atoms with Crippen LogP contribution in [-0.4, -0.2) is 9.97 Å². The van der Waals surface area contributed by atoms with Gasteiger partial charge in [0.1, 0.15) is 0 Å². The Kier molecular flexibility index (Phi) is 5.95. The molecule has 0 radical (unpaired) electrons. The lowest BCUT2D eigenvalue weighted by molar-refractivity contribution is 0.659. The van der Waals surface area contributed by atoms with Crippen LogP contribution in [-0.2, 0) is 5.41 Å². The van der Waals surface area contributed by atoms with Crippen LogP contribution in [0.5, 0.6) is 0 Å². The van der Waals surface area contributed by atoms with Crippen LogP contribution in [0, 0.1) is 0 Å². The summed E-state index contributed by atoms with van der Waals surface area (Å²) in [5, 5.41) is 0. The highest BCUT2D eigenvalue weighted by molar-refractivity contribution is 5.90. The van der Waals surface area contributed by atoms with Crippen molar-refractivity contribution in [2.75, 3.05) is 0 Å². The number of fused-ring (bicyclic) bond motifs is 6. The van der Waals surface area contributed by atoms with Gasteiger partial charge < -0.3 is 0 Å². The van der Waals surface area contributed by atoms with E-state index in [-0.39, 0.29) is 11.3 Å². The molecule has 0 saturated carbocycles. The third-order valence-corrected chi connectivity index (χ3v) is 10.0. The van der Waals surface area contributed by atoms with Crippen LogP contribution in [0.2, 0.25) is 0 Å². The largest absolute Gasteiger partial charge is 0.228 e. The molecule has 2 nitrogen and oxygen atoms in total. The normalized spacial score (nSPS) is 15.1. The second-order valence-electron chi connectivity index (χ2n) is 13.0. The van der Waals surface area contributed by atoms with Crippen molar-refractivity contribution in [2.24, 2.45) is 0 Å². The summed E-state index contributed by atoms with van der Waals surface area (Å²) in [7, 11) is 0. The fourth-order valence-electron chi connectivity index (χ4n) is 7.77. The van der Waals surface area contributed by atoms with Crippen molar-refractivity contribution in [3.8, 4) is 56.2 Å². The van der Waals surface area contributed by atoms with Crippen LogP contribution >= 0.6 is 0 Å². The van der Waals surface area contributed by atoms with Gasteiger partial charge in [-0.1, -0.05) is 153 Å². The maximum atomic E-state index is 5.24. The number of aromatic nitrogens is 2. The lowest BCUT2D eigenvalue weighted by atomic mass is 9.79. The van der Waals surface area contributed by atoms with Crippen molar-refractivity contribution in [1.29, 1.82) is 0 Å². The van der Waals surface area contributed by atoms with Crippen molar-refractivity contribution < 1.29 is 0 Å². The van der Waals surface area contributed by atoms with Gasteiger partial charge in [-0.3, -0.25) is 0 Å². The van der Waals surface area contributed by atoms with Gasteiger partial charge in [0.25, 0.3) is 0 Å². The molecule has 0 amide bonds. The second-order valence-corrected chi connectivity index (χ2v) is 13.0. The predicted molar refractivity (Wildman–Crippen MR) is 189 cm³/mol. The summed E-state index contributed by atoms with van der Waals surface area (Å²) in [6.07, 6.45) is 0. The van der Waals surface area contributed by atoms with Gasteiger partial charge in [0.05, 0.1) is 11.4 Å². The van der Waals surface area contributed by atoms with E-state index in [0.717, 1.165) is 33.9 Å². The Morgan fingerprint density at radius 2 is 0.935 bits per heavy atom. The molecular formula is C44H32N2. The van der Waals surface area contributed by atoms with E-state index >= 15 is 0 Å². The maximum Gasteiger partial charge on any atom is 0.160 e. The van der Waals surface area contributed by atoms with Crippen molar-refractivity contribution in [3.05, 3.63) is 179 Å². The third-order valence-electron chi connectivity index (χ3n) is 10.0. The highest BCUT2D eigenvalue weighted by Gasteiger charge is 2.39. The Hall–Kier alpha value is -5.60. The van der Waals surface area contributed by atoms with E-state index in [9.17, 15) is 0 Å². The van der Waals surface area contributed by atoms with Gasteiger partial charge in [-0.25, -0.2) is 9.97 Å². The zero-order chi connectivity index (χ0) is 30.8. The molecule has 0 fully saturated rings. The van der Waals surface area contributed by atoms with Crippen LogP contribution in [0.3, 0.4) is 0 Å². The van der Waals surface area contributed by atoms with E-state index < -0.39 is 0 Å². The van der Waals surface area contributed by atoms with E-state index in [1.54, 1.807) is 0 Å². The average Bonchev–Trinajstić information content (AvgIpc) is 3.56. The van der Waals surface area contributed by atoms with Crippen LogP contribution in [0.1, 0.15) is 47.6 Å². The SMILES string of the molecule is CC1(C)c2ccccc2-c2cc3c(cc21)C(c1ccccc1-c1nc(-c2ccccc2)cc(-c2ccccc2)n1)c1ccccc1-3. The molecule has 1 aromatic heterocycles. The molecule has 2 aliphatic carbocycles. The molecule has 0 spiro atoms. The molecule has 9 rings (SSSR count). The summed E-state index contributed by atoms with van der Waals surface area (Å²) in [4.78, 5) is 10.5. The third kappa shape index (κ3) is 4.03. The molecule has 0 bridgehead atoms. The zero-order valence-corrected chi connectivity index (χ0v) is 25.9. The fourth-order valence-corrected chi connectivity index (χ4v) is 7.77. The Bertz CT molecular complexity index is 2220. The van der Waals surface area contributed by atoms with E-state index in [4.69, 9.17) is 9.97 Å². The number of benzene rings is 6. The molecule has 218 valence electrons. The highest BCUT2D eigenvalue weighted by Crippen LogP contribution is 2.56. The summed E-state index contributed by atoms with van der Waals surface area (Å²) in [5.74, 6) is 0.812. The minimum atomic E-state index is -0.0719. The smallest absolute Gasteiger partial charge is 0.160 e. The number of nitrogens with zero attached hydrogens (tertiary/aromatic N) is 2. The summed E-state index contributed by atoms with van der Waals surface area (Å²) in [6.45, 7) is 4.73. The molecule has 1 unspecified atom stereocenters. The van der Waals surface area contributed by atoms with Crippen LogP contribution < -0.4 is 0 Å². The minimum Gasteiger partial charge on any atom is -0.228 e. The lowest BCUT2D eigenvalue weighted by Gasteiger charge is -2.24. The minimum absolute atomic E-state index is 0.0661. The number of hydrogen-bond acceptors (Lipinski definition) is 2. The van der Waals surface area contributed by atoms with Gasteiger partial charge in [0, 0.05) is 28.0 Å². The number of hydrogen-bond donors (Lipinski definition) is 0. The van der Waals surface area contributed by atoms with Crippen molar-refractivity contribution in [3.63, 3.8) is 0 Å². The predicted octanol–water partition coefficient (Wildman–Crippen LogP) is 10.9. The highest BCUT2D eigenvalue weighted by atomic mass is 14.9. The van der Waals surface area contributed by atoms with Gasteiger partial charge >= 0.3 is 0 Å². The van der Waals surface area contributed by atoms with Gasteiger partial charge in [0.15, 0.2) is 5.82 Å². The molecule has 2 heteroatoms. The molecular weight excluding hydrogens is 556 g/mol. The Labute approximate surface area is 270 Å². The van der Waals surface area contributed by atoms with Gasteiger partial charge in [-0.15, -0.1) is 0 Å². The fraction of sp³-hybridized carbons (Fsp3) is 0.0909. The first kappa shape index (κ1) is 26.8. The zero-order valence-electron chi connectivity index (χ0n) is 25.9. The summed E-state index contributed by atoms with van der Waals surface area (Å²) >= 11 is 0. The monoisotopic (exact) mass is 588 g/mol. The van der Waals surface area contributed by atoms with E-state index in [1.165, 1.54) is 50.1 Å². The molecule has 0 saturated heterocycles.